The summed E-state index contributed by atoms with van der Waals surface area (Å²) < 4.78 is 41.4. The van der Waals surface area contributed by atoms with E-state index in [0.717, 1.165) is 51.4 Å². The van der Waals surface area contributed by atoms with Crippen molar-refractivity contribution in [1.82, 2.24) is 21.3 Å². The molecule has 2 fully saturated rings. The molecule has 4 unspecified atom stereocenters. The molecule has 0 spiro atoms. The van der Waals surface area contributed by atoms with Gasteiger partial charge < -0.3 is 59.2 Å². The van der Waals surface area contributed by atoms with Gasteiger partial charge in [0.05, 0.1) is 26.4 Å². The van der Waals surface area contributed by atoms with Crippen molar-refractivity contribution >= 4 is 42.5 Å². The lowest BCUT2D eigenvalue weighted by Gasteiger charge is -2.46. The Labute approximate surface area is 403 Å². The molecule has 19 heteroatoms. The van der Waals surface area contributed by atoms with Gasteiger partial charge in [-0.15, -0.1) is 0 Å². The van der Waals surface area contributed by atoms with Crippen LogP contribution in [0.3, 0.4) is 0 Å². The molecule has 2 saturated carbocycles. The van der Waals surface area contributed by atoms with Crippen LogP contribution in [0.15, 0.2) is 24.3 Å². The third kappa shape index (κ3) is 26.3. The summed E-state index contributed by atoms with van der Waals surface area (Å²) in [7, 11) is 0. The highest BCUT2D eigenvalue weighted by Gasteiger charge is 2.43. The number of carbonyl (C=O) groups excluding carboxylic acids is 7. The molecule has 2 rings (SSSR count). The van der Waals surface area contributed by atoms with Crippen molar-refractivity contribution < 1.29 is 71.5 Å². The molecule has 0 radical (unpaired) electrons. The smallest absolute Gasteiger partial charge is 0.459 e. The Hall–Kier alpha value is -5.23. The van der Waals surface area contributed by atoms with Gasteiger partial charge in [-0.25, -0.2) is 33.6 Å². The average molecular weight is 967 g/mol. The first kappa shape index (κ1) is 58.9. The molecule has 0 saturated heterocycles. The summed E-state index contributed by atoms with van der Waals surface area (Å²) in [5, 5.41) is 11.6. The second-order valence-electron chi connectivity index (χ2n) is 20.7. The maximum atomic E-state index is 12.6. The number of nitrogens with one attached hydrogen (secondary N) is 4. The van der Waals surface area contributed by atoms with Crippen LogP contribution < -0.4 is 21.3 Å². The van der Waals surface area contributed by atoms with Gasteiger partial charge in [-0.05, 0) is 125 Å². The summed E-state index contributed by atoms with van der Waals surface area (Å²) in [6.45, 7) is 24.2. The molecular formula is C49H82N4O15. The molecular weight excluding hydrogens is 885 g/mol. The molecule has 4 N–H and O–H groups in total. The van der Waals surface area contributed by atoms with Gasteiger partial charge in [0.2, 0.25) is 0 Å². The van der Waals surface area contributed by atoms with E-state index in [9.17, 15) is 33.6 Å². The van der Waals surface area contributed by atoms with Crippen molar-refractivity contribution in [2.24, 2.45) is 21.7 Å². The molecule has 0 aromatic carbocycles. The number of rotatable bonds is 28. The second kappa shape index (κ2) is 29.6. The van der Waals surface area contributed by atoms with Crippen molar-refractivity contribution in [3.05, 3.63) is 24.3 Å². The number of amides is 4. The molecule has 4 atom stereocenters. The zero-order valence-corrected chi connectivity index (χ0v) is 42.2. The van der Waals surface area contributed by atoms with E-state index in [0.29, 0.717) is 51.6 Å². The standard InChI is InChI=1S/C49H82N4O15/c1-35(2)39(54)61-23-25-65-41(56)50-33-48(9)29-37(27-46(5,6)31-48)52-43(58)63-19-15-11-13-17-21-67-45(60)68-22-18-14-12-16-20-64-44(59)53-38-28-47(7,8)32-49(10,30-38)34-51-42(57)66-26-24-62-40(55)36(3)4/h37-38H,1,3,11-34H2,2,4-10H3,(H,50,56)(H,51,57)(H,52,58)(H,53,59). The van der Waals surface area contributed by atoms with E-state index in [2.05, 4.69) is 76.0 Å². The minimum Gasteiger partial charge on any atom is -0.459 e. The molecule has 4 amide bonds. The van der Waals surface area contributed by atoms with Crippen molar-refractivity contribution in [3.8, 4) is 0 Å². The van der Waals surface area contributed by atoms with Crippen LogP contribution in [0.1, 0.15) is 145 Å². The van der Waals surface area contributed by atoms with E-state index in [4.69, 9.17) is 37.9 Å². The normalized spacial score (nSPS) is 21.4. The fourth-order valence-corrected chi connectivity index (χ4v) is 9.41. The van der Waals surface area contributed by atoms with Crippen LogP contribution in [0, 0.1) is 21.7 Å². The van der Waals surface area contributed by atoms with Gasteiger partial charge in [0.15, 0.2) is 0 Å². The molecule has 0 aromatic heterocycles. The van der Waals surface area contributed by atoms with Crippen LogP contribution in [0.4, 0.5) is 24.0 Å². The Balaban J connectivity index is 1.48. The summed E-state index contributed by atoms with van der Waals surface area (Å²) in [5.41, 5.74) is -0.228. The lowest BCUT2D eigenvalue weighted by atomic mass is 9.62. The van der Waals surface area contributed by atoms with Crippen molar-refractivity contribution in [1.29, 1.82) is 0 Å². The zero-order valence-electron chi connectivity index (χ0n) is 42.2. The topological polar surface area (TPSA) is 241 Å². The van der Waals surface area contributed by atoms with Gasteiger partial charge in [0.1, 0.15) is 26.4 Å². The fraction of sp³-hybridized carbons (Fsp3) is 0.776. The predicted octanol–water partition coefficient (Wildman–Crippen LogP) is 8.57. The van der Waals surface area contributed by atoms with Crippen molar-refractivity contribution in [2.45, 2.75) is 157 Å². The molecule has 0 aliphatic heterocycles. The highest BCUT2D eigenvalue weighted by Crippen LogP contribution is 2.47. The maximum Gasteiger partial charge on any atom is 0.508 e. The van der Waals surface area contributed by atoms with E-state index in [1.807, 2.05) is 0 Å². The summed E-state index contributed by atoms with van der Waals surface area (Å²) in [6.07, 6.45) is 7.42. The third-order valence-corrected chi connectivity index (χ3v) is 11.6. The quantitative estimate of drug-likeness (QED) is 0.0248. The number of carbonyl (C=O) groups is 7. The van der Waals surface area contributed by atoms with Gasteiger partial charge >= 0.3 is 42.5 Å². The lowest BCUT2D eigenvalue weighted by Crippen LogP contribution is -2.50. The van der Waals surface area contributed by atoms with Gasteiger partial charge in [0.25, 0.3) is 0 Å². The highest BCUT2D eigenvalue weighted by molar-refractivity contribution is 5.87. The Morgan fingerprint density at radius 2 is 0.735 bits per heavy atom. The summed E-state index contributed by atoms with van der Waals surface area (Å²) in [4.78, 5) is 84.7. The second-order valence-corrected chi connectivity index (χ2v) is 20.7. The molecule has 68 heavy (non-hydrogen) atoms. The summed E-state index contributed by atoms with van der Waals surface area (Å²) in [6, 6.07) is -0.265. The van der Waals surface area contributed by atoms with Crippen LogP contribution in [-0.4, -0.2) is 120 Å². The van der Waals surface area contributed by atoms with Crippen LogP contribution in [0.25, 0.3) is 0 Å². The Morgan fingerprint density at radius 1 is 0.426 bits per heavy atom. The Morgan fingerprint density at radius 3 is 1.07 bits per heavy atom. The Bertz CT molecular complexity index is 1570. The third-order valence-electron chi connectivity index (χ3n) is 11.6. The molecule has 0 bridgehead atoms. The SMILES string of the molecule is C=C(C)C(=O)OCCOC(=O)NCC1(C)CC(NC(=O)OCCCCCCOC(=O)OCCCCCCOC(=O)NC2CC(C)(C)CC(C)(CNC(=O)OCCOC(=O)C(=C)C)C2)CC(C)(C)C1. The first-order chi connectivity index (χ1) is 31.9. The van der Waals surface area contributed by atoms with Gasteiger partial charge in [-0.2, -0.15) is 0 Å². The molecule has 0 aromatic rings. The number of unbranched alkanes of at least 4 members (excludes halogenated alkanes) is 6. The van der Waals surface area contributed by atoms with Crippen LogP contribution >= 0.6 is 0 Å². The minimum absolute atomic E-state index is 0.0620. The van der Waals surface area contributed by atoms with E-state index < -0.39 is 42.5 Å². The first-order valence-corrected chi connectivity index (χ1v) is 24.0. The van der Waals surface area contributed by atoms with E-state index in [-0.39, 0.29) is 97.7 Å². The number of hydrogen-bond donors (Lipinski definition) is 4. The molecule has 19 nitrogen and oxygen atoms in total. The monoisotopic (exact) mass is 967 g/mol. The molecule has 0 heterocycles. The van der Waals surface area contributed by atoms with Crippen LogP contribution in [0.5, 0.6) is 0 Å². The number of ether oxygens (including phenoxy) is 8. The largest absolute Gasteiger partial charge is 0.508 e. The predicted molar refractivity (Wildman–Crippen MR) is 253 cm³/mol. The van der Waals surface area contributed by atoms with Gasteiger partial charge in [0, 0.05) is 36.3 Å². The summed E-state index contributed by atoms with van der Waals surface area (Å²) in [5.74, 6) is -1.08. The van der Waals surface area contributed by atoms with Crippen LogP contribution in [0.2, 0.25) is 0 Å². The van der Waals surface area contributed by atoms with E-state index in [1.54, 1.807) is 0 Å². The first-order valence-electron chi connectivity index (χ1n) is 24.0. The number of alkyl carbamates (subject to hydrolysis) is 4. The average Bonchev–Trinajstić information content (AvgIpc) is 3.22. The van der Waals surface area contributed by atoms with Gasteiger partial charge in [-0.1, -0.05) is 54.7 Å². The Kier molecular flexibility index (Phi) is 25.6. The lowest BCUT2D eigenvalue weighted by molar-refractivity contribution is -0.140. The molecule has 388 valence electrons. The van der Waals surface area contributed by atoms with Crippen molar-refractivity contribution in [3.63, 3.8) is 0 Å². The van der Waals surface area contributed by atoms with Gasteiger partial charge in [-0.3, -0.25) is 0 Å². The fourth-order valence-electron chi connectivity index (χ4n) is 9.41. The minimum atomic E-state index is -0.710. The van der Waals surface area contributed by atoms with Crippen molar-refractivity contribution in [2.75, 3.05) is 65.9 Å². The van der Waals surface area contributed by atoms with E-state index >= 15 is 0 Å². The maximum absolute atomic E-state index is 12.6. The van der Waals surface area contributed by atoms with E-state index in [1.165, 1.54) is 13.8 Å². The highest BCUT2D eigenvalue weighted by atomic mass is 16.7. The molecule has 2 aliphatic carbocycles. The molecule has 2 aliphatic rings. The van der Waals surface area contributed by atoms with Crippen LogP contribution in [-0.2, 0) is 47.5 Å². The summed E-state index contributed by atoms with van der Waals surface area (Å²) >= 11 is 0. The zero-order chi connectivity index (χ0) is 50.8. The number of esters is 2. The number of hydrogen-bond acceptors (Lipinski definition) is 15.